The summed E-state index contributed by atoms with van der Waals surface area (Å²) in [6.45, 7) is 6.72. The fourth-order valence-corrected chi connectivity index (χ4v) is 3.39. The molecule has 156 valence electrons. The summed E-state index contributed by atoms with van der Waals surface area (Å²) in [7, 11) is 0. The number of imide groups is 1. The van der Waals surface area contributed by atoms with E-state index in [2.05, 4.69) is 20.8 Å². The van der Waals surface area contributed by atoms with E-state index in [4.69, 9.17) is 4.52 Å². The molecule has 29 heavy (non-hydrogen) atoms. The Morgan fingerprint density at radius 2 is 2.10 bits per heavy atom. The van der Waals surface area contributed by atoms with Gasteiger partial charge in [0.2, 0.25) is 17.6 Å². The highest BCUT2D eigenvalue weighted by atomic mass is 19.1. The van der Waals surface area contributed by atoms with Crippen LogP contribution in [0, 0.1) is 5.82 Å². The molecule has 1 fully saturated rings. The number of nitrogens with zero attached hydrogens (tertiary/aromatic N) is 3. The summed E-state index contributed by atoms with van der Waals surface area (Å²) in [5.41, 5.74) is 0.552. The SMILES string of the molecule is CC(C)NC(=O)NC(=O)C(C)N1CCCC(c2nc(-c3cccc(F)c3)no2)C1. The molecule has 0 radical (unpaired) electrons. The van der Waals surface area contributed by atoms with Crippen molar-refractivity contribution >= 4 is 11.9 Å². The quantitative estimate of drug-likeness (QED) is 0.796. The molecule has 3 amide bonds. The number of hydrogen-bond acceptors (Lipinski definition) is 6. The van der Waals surface area contributed by atoms with E-state index in [0.29, 0.717) is 23.8 Å². The summed E-state index contributed by atoms with van der Waals surface area (Å²) in [5.74, 6) is 0.0685. The van der Waals surface area contributed by atoms with Crippen molar-refractivity contribution in [3.8, 4) is 11.4 Å². The molecule has 1 aromatic heterocycles. The summed E-state index contributed by atoms with van der Waals surface area (Å²) >= 11 is 0. The van der Waals surface area contributed by atoms with Gasteiger partial charge in [0, 0.05) is 18.2 Å². The van der Waals surface area contributed by atoms with Gasteiger partial charge < -0.3 is 9.84 Å². The van der Waals surface area contributed by atoms with Gasteiger partial charge in [0.05, 0.1) is 12.0 Å². The minimum Gasteiger partial charge on any atom is -0.339 e. The molecule has 2 aromatic rings. The van der Waals surface area contributed by atoms with Crippen LogP contribution >= 0.6 is 0 Å². The Kier molecular flexibility index (Phi) is 6.58. The lowest BCUT2D eigenvalue weighted by molar-refractivity contribution is -0.125. The van der Waals surface area contributed by atoms with E-state index in [0.717, 1.165) is 19.4 Å². The summed E-state index contributed by atoms with van der Waals surface area (Å²) < 4.78 is 18.9. The van der Waals surface area contributed by atoms with Gasteiger partial charge in [-0.25, -0.2) is 9.18 Å². The maximum Gasteiger partial charge on any atom is 0.321 e. The van der Waals surface area contributed by atoms with Crippen molar-refractivity contribution in [2.75, 3.05) is 13.1 Å². The van der Waals surface area contributed by atoms with Crippen LogP contribution < -0.4 is 10.6 Å². The molecule has 2 unspecified atom stereocenters. The first-order chi connectivity index (χ1) is 13.8. The van der Waals surface area contributed by atoms with Gasteiger partial charge in [-0.05, 0) is 52.3 Å². The first kappa shape index (κ1) is 20.9. The van der Waals surface area contributed by atoms with Crippen molar-refractivity contribution in [3.63, 3.8) is 0 Å². The van der Waals surface area contributed by atoms with Crippen molar-refractivity contribution in [1.29, 1.82) is 0 Å². The number of halogens is 1. The lowest BCUT2D eigenvalue weighted by Gasteiger charge is -2.34. The van der Waals surface area contributed by atoms with E-state index >= 15 is 0 Å². The average Bonchev–Trinajstić information content (AvgIpc) is 3.17. The summed E-state index contributed by atoms with van der Waals surface area (Å²) in [5, 5.41) is 8.99. The number of benzene rings is 1. The molecule has 2 N–H and O–H groups in total. The number of carbonyl (C=O) groups is 2. The molecule has 1 aliphatic rings. The number of likely N-dealkylation sites (tertiary alicyclic amines) is 1. The summed E-state index contributed by atoms with van der Waals surface area (Å²) in [6.07, 6.45) is 1.71. The third-order valence-corrected chi connectivity index (χ3v) is 4.91. The van der Waals surface area contributed by atoms with Crippen molar-refractivity contribution in [2.24, 2.45) is 0 Å². The largest absolute Gasteiger partial charge is 0.339 e. The molecule has 8 nitrogen and oxygen atoms in total. The molecule has 1 aliphatic heterocycles. The molecular formula is C20H26FN5O3. The number of urea groups is 1. The highest BCUT2D eigenvalue weighted by molar-refractivity contribution is 5.96. The highest BCUT2D eigenvalue weighted by Gasteiger charge is 2.31. The molecule has 2 heterocycles. The first-order valence-corrected chi connectivity index (χ1v) is 9.78. The van der Waals surface area contributed by atoms with Gasteiger partial charge >= 0.3 is 6.03 Å². The average molecular weight is 403 g/mol. The molecular weight excluding hydrogens is 377 g/mol. The second-order valence-corrected chi connectivity index (χ2v) is 7.59. The molecule has 1 saturated heterocycles. The second-order valence-electron chi connectivity index (χ2n) is 7.59. The predicted molar refractivity (Wildman–Crippen MR) is 105 cm³/mol. The third kappa shape index (κ3) is 5.38. The molecule has 0 saturated carbocycles. The van der Waals surface area contributed by atoms with E-state index < -0.39 is 12.1 Å². The van der Waals surface area contributed by atoms with Gasteiger partial charge in [-0.3, -0.25) is 15.0 Å². The van der Waals surface area contributed by atoms with Gasteiger partial charge in [-0.15, -0.1) is 0 Å². The number of aromatic nitrogens is 2. The van der Waals surface area contributed by atoms with Gasteiger partial charge in [-0.2, -0.15) is 4.98 Å². The van der Waals surface area contributed by atoms with Crippen LogP contribution in [-0.2, 0) is 4.79 Å². The van der Waals surface area contributed by atoms with Crippen molar-refractivity contribution in [2.45, 2.75) is 51.6 Å². The summed E-state index contributed by atoms with van der Waals surface area (Å²) in [4.78, 5) is 30.6. The van der Waals surface area contributed by atoms with E-state index in [1.54, 1.807) is 19.1 Å². The van der Waals surface area contributed by atoms with Crippen molar-refractivity contribution in [3.05, 3.63) is 36.0 Å². The van der Waals surface area contributed by atoms with Gasteiger partial charge in [0.25, 0.3) is 0 Å². The topological polar surface area (TPSA) is 100 Å². The Labute approximate surface area is 168 Å². The van der Waals surface area contributed by atoms with Crippen LogP contribution in [-0.4, -0.2) is 52.2 Å². The number of carbonyl (C=O) groups excluding carboxylic acids is 2. The monoisotopic (exact) mass is 403 g/mol. The lowest BCUT2D eigenvalue weighted by atomic mass is 9.96. The molecule has 0 bridgehead atoms. The molecule has 2 atom stereocenters. The van der Waals surface area contributed by atoms with Crippen LogP contribution in [0.4, 0.5) is 9.18 Å². The number of hydrogen-bond donors (Lipinski definition) is 2. The van der Waals surface area contributed by atoms with E-state index in [9.17, 15) is 14.0 Å². The maximum absolute atomic E-state index is 13.4. The zero-order valence-corrected chi connectivity index (χ0v) is 16.8. The Morgan fingerprint density at radius 3 is 2.83 bits per heavy atom. The smallest absolute Gasteiger partial charge is 0.321 e. The number of piperidine rings is 1. The zero-order valence-electron chi connectivity index (χ0n) is 16.8. The van der Waals surface area contributed by atoms with Crippen LogP contribution in [0.5, 0.6) is 0 Å². The molecule has 9 heteroatoms. The third-order valence-electron chi connectivity index (χ3n) is 4.91. The Hall–Kier alpha value is -2.81. The van der Waals surface area contributed by atoms with E-state index in [1.165, 1.54) is 12.1 Å². The standard InChI is InChI=1S/C20H26FN5O3/c1-12(2)22-20(28)24-18(27)13(3)26-9-5-7-15(11-26)19-23-17(25-29-19)14-6-4-8-16(21)10-14/h4,6,8,10,12-13,15H,5,7,9,11H2,1-3H3,(H2,22,24,27,28). The van der Waals surface area contributed by atoms with Crippen LogP contribution in [0.2, 0.25) is 0 Å². The predicted octanol–water partition coefficient (Wildman–Crippen LogP) is 2.68. The Bertz CT molecular complexity index is 869. The van der Waals surface area contributed by atoms with Crippen LogP contribution in [0.1, 0.15) is 45.4 Å². The van der Waals surface area contributed by atoms with Crippen molar-refractivity contribution in [1.82, 2.24) is 25.7 Å². The van der Waals surface area contributed by atoms with E-state index in [1.807, 2.05) is 18.7 Å². The van der Waals surface area contributed by atoms with Crippen LogP contribution in [0.3, 0.4) is 0 Å². The molecule has 1 aromatic carbocycles. The number of nitrogens with one attached hydrogen (secondary N) is 2. The van der Waals surface area contributed by atoms with Crippen molar-refractivity contribution < 1.29 is 18.5 Å². The fraction of sp³-hybridized carbons (Fsp3) is 0.500. The second kappa shape index (κ2) is 9.13. The molecule has 0 aliphatic carbocycles. The maximum atomic E-state index is 13.4. The first-order valence-electron chi connectivity index (χ1n) is 9.78. The zero-order chi connectivity index (χ0) is 21.0. The normalized spacial score (nSPS) is 18.4. The Balaban J connectivity index is 1.63. The Morgan fingerprint density at radius 1 is 1.31 bits per heavy atom. The van der Waals surface area contributed by atoms with Crippen LogP contribution in [0.25, 0.3) is 11.4 Å². The number of amides is 3. The van der Waals surface area contributed by atoms with Gasteiger partial charge in [-0.1, -0.05) is 17.3 Å². The minimum absolute atomic E-state index is 0.0294. The lowest BCUT2D eigenvalue weighted by Crippen LogP contribution is -2.52. The van der Waals surface area contributed by atoms with Crippen LogP contribution in [0.15, 0.2) is 28.8 Å². The molecule has 3 rings (SSSR count). The number of rotatable bonds is 5. The minimum atomic E-state index is -0.498. The van der Waals surface area contributed by atoms with E-state index in [-0.39, 0.29) is 23.7 Å². The fourth-order valence-electron chi connectivity index (χ4n) is 3.39. The molecule has 0 spiro atoms. The highest BCUT2D eigenvalue weighted by Crippen LogP contribution is 2.28. The van der Waals surface area contributed by atoms with Gasteiger partial charge in [0.1, 0.15) is 5.82 Å². The summed E-state index contributed by atoms with van der Waals surface area (Å²) in [6, 6.07) is 5.01. The van der Waals surface area contributed by atoms with Gasteiger partial charge in [0.15, 0.2) is 0 Å².